The molecule has 2 heteroatoms. The second-order valence-electron chi connectivity index (χ2n) is 5.94. The molecule has 1 aromatic rings. The molecule has 112 valence electrons. The van der Waals surface area contributed by atoms with Crippen LogP contribution in [0.3, 0.4) is 0 Å². The fraction of sp³-hybridized carbons (Fsp3) is 0.667. The van der Waals surface area contributed by atoms with Crippen LogP contribution < -0.4 is 5.32 Å². The normalized spacial score (nSPS) is 24.5. The third kappa shape index (κ3) is 4.53. The topological polar surface area (TPSA) is 12.0 Å². The molecule has 0 heterocycles. The average molecular weight is 292 g/mol. The predicted molar refractivity (Wildman–Crippen MR) is 91.4 cm³/mol. The smallest absolute Gasteiger partial charge is 0.0323 e. The molecule has 1 saturated carbocycles. The van der Waals surface area contributed by atoms with Crippen molar-refractivity contribution < 1.29 is 0 Å². The number of rotatable bonds is 7. The van der Waals surface area contributed by atoms with E-state index < -0.39 is 0 Å². The molecule has 3 unspecified atom stereocenters. The third-order valence-corrected chi connectivity index (χ3v) is 5.64. The lowest BCUT2D eigenvalue weighted by atomic mass is 9.92. The summed E-state index contributed by atoms with van der Waals surface area (Å²) >= 11 is 2.05. The van der Waals surface area contributed by atoms with Crippen molar-refractivity contribution in [1.29, 1.82) is 0 Å². The van der Waals surface area contributed by atoms with Crippen LogP contribution in [0.2, 0.25) is 0 Å². The second kappa shape index (κ2) is 8.74. The van der Waals surface area contributed by atoms with Crippen molar-refractivity contribution in [2.75, 3.05) is 6.26 Å². The van der Waals surface area contributed by atoms with E-state index in [-0.39, 0.29) is 0 Å². The fourth-order valence-electron chi connectivity index (χ4n) is 3.27. The molecule has 0 spiro atoms. The first-order valence-electron chi connectivity index (χ1n) is 8.19. The molecular weight excluding hydrogens is 262 g/mol. The van der Waals surface area contributed by atoms with Crippen LogP contribution in [0.4, 0.5) is 0 Å². The van der Waals surface area contributed by atoms with Crippen molar-refractivity contribution in [2.24, 2.45) is 0 Å². The molecule has 1 fully saturated rings. The molecule has 0 aromatic heterocycles. The molecule has 0 saturated heterocycles. The van der Waals surface area contributed by atoms with Gasteiger partial charge in [-0.25, -0.2) is 0 Å². The maximum absolute atomic E-state index is 3.99. The molecule has 20 heavy (non-hydrogen) atoms. The molecular formula is C18H29NS. The van der Waals surface area contributed by atoms with E-state index in [1.807, 2.05) is 0 Å². The third-order valence-electron chi connectivity index (χ3n) is 4.47. The van der Waals surface area contributed by atoms with Crippen LogP contribution in [0, 0.1) is 0 Å². The lowest BCUT2D eigenvalue weighted by molar-refractivity contribution is 0.335. The minimum Gasteiger partial charge on any atom is -0.306 e. The van der Waals surface area contributed by atoms with Crippen LogP contribution >= 0.6 is 11.8 Å². The van der Waals surface area contributed by atoms with Crippen molar-refractivity contribution in [3.8, 4) is 0 Å². The number of unbranched alkanes of at least 4 members (excludes halogenated alkanes) is 1. The van der Waals surface area contributed by atoms with Gasteiger partial charge in [-0.05, 0) is 31.1 Å². The zero-order chi connectivity index (χ0) is 14.2. The highest BCUT2D eigenvalue weighted by atomic mass is 32.2. The van der Waals surface area contributed by atoms with Crippen LogP contribution in [0.25, 0.3) is 0 Å². The maximum atomic E-state index is 3.99. The molecule has 2 rings (SSSR count). The number of benzene rings is 1. The van der Waals surface area contributed by atoms with Crippen LogP contribution in [0.1, 0.15) is 63.5 Å². The molecule has 0 aliphatic heterocycles. The number of nitrogens with one attached hydrogen (secondary N) is 1. The Morgan fingerprint density at radius 1 is 1.20 bits per heavy atom. The SMILES string of the molecule is CCCCC(NC1CCCCC1SC)c1ccccc1. The molecule has 0 bridgehead atoms. The maximum Gasteiger partial charge on any atom is 0.0323 e. The van der Waals surface area contributed by atoms with Crippen LogP contribution in [0.5, 0.6) is 0 Å². The van der Waals surface area contributed by atoms with Crippen molar-refractivity contribution in [3.63, 3.8) is 0 Å². The van der Waals surface area contributed by atoms with Gasteiger partial charge in [0, 0.05) is 17.3 Å². The lowest BCUT2D eigenvalue weighted by Gasteiger charge is -2.34. The van der Waals surface area contributed by atoms with Gasteiger partial charge in [0.05, 0.1) is 0 Å². The monoisotopic (exact) mass is 291 g/mol. The molecule has 0 amide bonds. The Labute approximate surface area is 128 Å². The minimum atomic E-state index is 0.536. The average Bonchev–Trinajstić information content (AvgIpc) is 2.52. The van der Waals surface area contributed by atoms with E-state index in [0.717, 1.165) is 5.25 Å². The Morgan fingerprint density at radius 3 is 2.65 bits per heavy atom. The Balaban J connectivity index is 2.03. The summed E-state index contributed by atoms with van der Waals surface area (Å²) in [6.45, 7) is 2.29. The fourth-order valence-corrected chi connectivity index (χ4v) is 4.21. The van der Waals surface area contributed by atoms with Gasteiger partial charge in [0.25, 0.3) is 0 Å². The summed E-state index contributed by atoms with van der Waals surface area (Å²) in [5.41, 5.74) is 1.46. The second-order valence-corrected chi connectivity index (χ2v) is 7.01. The van der Waals surface area contributed by atoms with Gasteiger partial charge >= 0.3 is 0 Å². The highest BCUT2D eigenvalue weighted by molar-refractivity contribution is 7.99. The quantitative estimate of drug-likeness (QED) is 0.742. The summed E-state index contributed by atoms with van der Waals surface area (Å²) in [4.78, 5) is 0. The first kappa shape index (κ1) is 15.9. The van der Waals surface area contributed by atoms with E-state index in [9.17, 15) is 0 Å². The Kier molecular flexibility index (Phi) is 6.95. The zero-order valence-corrected chi connectivity index (χ0v) is 13.8. The van der Waals surface area contributed by atoms with Crippen molar-refractivity contribution >= 4 is 11.8 Å². The standard InChI is InChI=1S/C18H29NS/c1-3-4-12-16(15-10-6-5-7-11-15)19-17-13-8-9-14-18(17)20-2/h5-7,10-11,16-19H,3-4,8-9,12-14H2,1-2H3. The van der Waals surface area contributed by atoms with Crippen LogP contribution in [-0.4, -0.2) is 17.5 Å². The van der Waals surface area contributed by atoms with Gasteiger partial charge in [0.2, 0.25) is 0 Å². The van der Waals surface area contributed by atoms with E-state index in [4.69, 9.17) is 0 Å². The van der Waals surface area contributed by atoms with Gasteiger partial charge in [-0.2, -0.15) is 11.8 Å². The van der Waals surface area contributed by atoms with Gasteiger partial charge < -0.3 is 5.32 Å². The van der Waals surface area contributed by atoms with Crippen molar-refractivity contribution in [3.05, 3.63) is 35.9 Å². The van der Waals surface area contributed by atoms with E-state index in [0.29, 0.717) is 12.1 Å². The van der Waals surface area contributed by atoms with Crippen LogP contribution in [0.15, 0.2) is 30.3 Å². The van der Waals surface area contributed by atoms with E-state index in [1.54, 1.807) is 0 Å². The zero-order valence-electron chi connectivity index (χ0n) is 13.0. The molecule has 1 nitrogen and oxygen atoms in total. The highest BCUT2D eigenvalue weighted by Crippen LogP contribution is 2.30. The summed E-state index contributed by atoms with van der Waals surface area (Å²) < 4.78 is 0. The number of hydrogen-bond acceptors (Lipinski definition) is 2. The van der Waals surface area contributed by atoms with E-state index in [1.165, 1.54) is 50.5 Å². The predicted octanol–water partition coefficient (Wildman–Crippen LogP) is 5.18. The molecule has 1 aliphatic carbocycles. The summed E-state index contributed by atoms with van der Waals surface area (Å²) in [7, 11) is 0. The summed E-state index contributed by atoms with van der Waals surface area (Å²) in [5, 5.41) is 4.79. The molecule has 0 radical (unpaired) electrons. The van der Waals surface area contributed by atoms with E-state index in [2.05, 4.69) is 60.6 Å². The first-order chi connectivity index (χ1) is 9.85. The molecule has 1 N–H and O–H groups in total. The van der Waals surface area contributed by atoms with Gasteiger partial charge in [0.15, 0.2) is 0 Å². The Bertz CT molecular complexity index is 365. The molecule has 3 atom stereocenters. The first-order valence-corrected chi connectivity index (χ1v) is 9.47. The largest absolute Gasteiger partial charge is 0.306 e. The van der Waals surface area contributed by atoms with Gasteiger partial charge in [-0.1, -0.05) is 62.9 Å². The van der Waals surface area contributed by atoms with Gasteiger partial charge in [0.1, 0.15) is 0 Å². The van der Waals surface area contributed by atoms with Gasteiger partial charge in [-0.15, -0.1) is 0 Å². The highest BCUT2D eigenvalue weighted by Gasteiger charge is 2.26. The summed E-state index contributed by atoms with van der Waals surface area (Å²) in [5.74, 6) is 0. The summed E-state index contributed by atoms with van der Waals surface area (Å²) in [6, 6.07) is 12.3. The number of thioether (sulfide) groups is 1. The molecule has 1 aliphatic rings. The Morgan fingerprint density at radius 2 is 1.95 bits per heavy atom. The number of hydrogen-bond donors (Lipinski definition) is 1. The van der Waals surface area contributed by atoms with Gasteiger partial charge in [-0.3, -0.25) is 0 Å². The molecule has 1 aromatic carbocycles. The van der Waals surface area contributed by atoms with Crippen LogP contribution in [-0.2, 0) is 0 Å². The summed E-state index contributed by atoms with van der Waals surface area (Å²) in [6.07, 6.45) is 11.7. The Hall–Kier alpha value is -0.470. The van der Waals surface area contributed by atoms with E-state index >= 15 is 0 Å². The van der Waals surface area contributed by atoms with Crippen molar-refractivity contribution in [2.45, 2.75) is 69.2 Å². The lowest BCUT2D eigenvalue weighted by Crippen LogP contribution is -2.42. The minimum absolute atomic E-state index is 0.536. The van der Waals surface area contributed by atoms with Crippen molar-refractivity contribution in [1.82, 2.24) is 5.32 Å².